The van der Waals surface area contributed by atoms with E-state index in [1.807, 2.05) is 0 Å². The van der Waals surface area contributed by atoms with E-state index < -0.39 is 0 Å². The first kappa shape index (κ1) is 10.2. The Morgan fingerprint density at radius 2 is 2.14 bits per heavy atom. The van der Waals surface area contributed by atoms with Crippen molar-refractivity contribution in [2.24, 2.45) is 23.0 Å². The Morgan fingerprint density at radius 1 is 1.43 bits per heavy atom. The fraction of sp³-hybridized carbons (Fsp3) is 0.917. The SMILES string of the molecule is CC1CCCC(C(=O)C2(CN)CC2)C1. The summed E-state index contributed by atoms with van der Waals surface area (Å²) in [6.07, 6.45) is 6.86. The molecule has 2 atom stereocenters. The van der Waals surface area contributed by atoms with Crippen molar-refractivity contribution in [2.75, 3.05) is 6.54 Å². The van der Waals surface area contributed by atoms with Gasteiger partial charge < -0.3 is 5.73 Å². The highest BCUT2D eigenvalue weighted by Gasteiger charge is 2.50. The van der Waals surface area contributed by atoms with E-state index in [0.29, 0.717) is 18.2 Å². The molecule has 0 aromatic carbocycles. The summed E-state index contributed by atoms with van der Waals surface area (Å²) in [7, 11) is 0. The Hall–Kier alpha value is -0.370. The molecule has 0 heterocycles. The van der Waals surface area contributed by atoms with E-state index in [4.69, 9.17) is 5.73 Å². The van der Waals surface area contributed by atoms with Gasteiger partial charge in [0.2, 0.25) is 0 Å². The molecule has 0 spiro atoms. The van der Waals surface area contributed by atoms with E-state index >= 15 is 0 Å². The molecule has 0 radical (unpaired) electrons. The van der Waals surface area contributed by atoms with Crippen LogP contribution in [0.5, 0.6) is 0 Å². The first-order valence-electron chi connectivity index (χ1n) is 5.92. The Kier molecular flexibility index (Phi) is 2.65. The Labute approximate surface area is 86.2 Å². The maximum Gasteiger partial charge on any atom is 0.143 e. The van der Waals surface area contributed by atoms with Crippen molar-refractivity contribution in [3.63, 3.8) is 0 Å². The highest BCUT2D eigenvalue weighted by Crippen LogP contribution is 2.49. The Morgan fingerprint density at radius 3 is 2.64 bits per heavy atom. The molecule has 2 heteroatoms. The van der Waals surface area contributed by atoms with Crippen LogP contribution in [0.15, 0.2) is 0 Å². The fourth-order valence-electron chi connectivity index (χ4n) is 2.81. The van der Waals surface area contributed by atoms with Crippen LogP contribution >= 0.6 is 0 Å². The minimum absolute atomic E-state index is 0.0677. The number of Topliss-reactive ketones (excluding diaryl/α,β-unsaturated/α-hetero) is 1. The molecule has 2 aliphatic rings. The minimum atomic E-state index is -0.0677. The highest BCUT2D eigenvalue weighted by molar-refractivity contribution is 5.89. The summed E-state index contributed by atoms with van der Waals surface area (Å²) in [4.78, 5) is 12.2. The molecule has 2 N–H and O–H groups in total. The number of ketones is 1. The number of nitrogens with two attached hydrogens (primary N) is 1. The van der Waals surface area contributed by atoms with E-state index in [0.717, 1.165) is 31.6 Å². The van der Waals surface area contributed by atoms with E-state index in [2.05, 4.69) is 6.92 Å². The lowest BCUT2D eigenvalue weighted by Gasteiger charge is -2.28. The van der Waals surface area contributed by atoms with Crippen molar-refractivity contribution in [1.29, 1.82) is 0 Å². The van der Waals surface area contributed by atoms with Gasteiger partial charge in [0, 0.05) is 17.9 Å². The van der Waals surface area contributed by atoms with Crippen molar-refractivity contribution < 1.29 is 4.79 Å². The van der Waals surface area contributed by atoms with Crippen molar-refractivity contribution in [3.05, 3.63) is 0 Å². The van der Waals surface area contributed by atoms with Gasteiger partial charge in [0.1, 0.15) is 5.78 Å². The van der Waals surface area contributed by atoms with Gasteiger partial charge in [-0.3, -0.25) is 4.79 Å². The van der Waals surface area contributed by atoms with Gasteiger partial charge in [-0.05, 0) is 31.6 Å². The van der Waals surface area contributed by atoms with E-state index in [1.165, 1.54) is 12.8 Å². The zero-order valence-electron chi connectivity index (χ0n) is 9.09. The second-order valence-electron chi connectivity index (χ2n) is 5.32. The molecule has 0 saturated heterocycles. The average Bonchev–Trinajstić information content (AvgIpc) is 2.97. The first-order valence-corrected chi connectivity index (χ1v) is 5.92. The van der Waals surface area contributed by atoms with Crippen LogP contribution in [0, 0.1) is 17.3 Å². The summed E-state index contributed by atoms with van der Waals surface area (Å²) in [5.41, 5.74) is 5.62. The van der Waals surface area contributed by atoms with Crippen LogP contribution in [0.1, 0.15) is 45.4 Å². The lowest BCUT2D eigenvalue weighted by Crippen LogP contribution is -2.33. The Balaban J connectivity index is 1.97. The fourth-order valence-corrected chi connectivity index (χ4v) is 2.81. The van der Waals surface area contributed by atoms with Crippen LogP contribution in [0.2, 0.25) is 0 Å². The number of hydrogen-bond acceptors (Lipinski definition) is 2. The minimum Gasteiger partial charge on any atom is -0.329 e. The summed E-state index contributed by atoms with van der Waals surface area (Å²) < 4.78 is 0. The third-order valence-electron chi connectivity index (χ3n) is 4.07. The van der Waals surface area contributed by atoms with Crippen molar-refractivity contribution in [3.8, 4) is 0 Å². The summed E-state index contributed by atoms with van der Waals surface area (Å²) in [6, 6.07) is 0. The van der Waals surface area contributed by atoms with E-state index in [9.17, 15) is 4.79 Å². The predicted octanol–water partition coefficient (Wildman–Crippen LogP) is 2.12. The molecule has 2 saturated carbocycles. The molecule has 80 valence electrons. The molecule has 14 heavy (non-hydrogen) atoms. The predicted molar refractivity (Wildman–Crippen MR) is 56.9 cm³/mol. The molecule has 2 rings (SSSR count). The summed E-state index contributed by atoms with van der Waals surface area (Å²) >= 11 is 0. The third kappa shape index (κ3) is 1.72. The standard InChI is InChI=1S/C12H21NO/c1-9-3-2-4-10(7-9)11(14)12(8-13)5-6-12/h9-10H,2-8,13H2,1H3. The maximum absolute atomic E-state index is 12.2. The van der Waals surface area contributed by atoms with Gasteiger partial charge in [0.25, 0.3) is 0 Å². The highest BCUT2D eigenvalue weighted by atomic mass is 16.1. The monoisotopic (exact) mass is 195 g/mol. The van der Waals surface area contributed by atoms with E-state index in [-0.39, 0.29) is 5.41 Å². The summed E-state index contributed by atoms with van der Waals surface area (Å²) in [5, 5.41) is 0. The quantitative estimate of drug-likeness (QED) is 0.749. The average molecular weight is 195 g/mol. The summed E-state index contributed by atoms with van der Waals surface area (Å²) in [6.45, 7) is 2.85. The van der Waals surface area contributed by atoms with Gasteiger partial charge >= 0.3 is 0 Å². The Bertz CT molecular complexity index is 232. The third-order valence-corrected chi connectivity index (χ3v) is 4.07. The number of hydrogen-bond donors (Lipinski definition) is 1. The van der Waals surface area contributed by atoms with Crippen molar-refractivity contribution >= 4 is 5.78 Å². The molecule has 2 nitrogen and oxygen atoms in total. The molecular formula is C12H21NO. The maximum atomic E-state index is 12.2. The van der Waals surface area contributed by atoms with Crippen LogP contribution in [-0.2, 0) is 4.79 Å². The van der Waals surface area contributed by atoms with Crippen LogP contribution in [-0.4, -0.2) is 12.3 Å². The van der Waals surface area contributed by atoms with Gasteiger partial charge in [-0.2, -0.15) is 0 Å². The van der Waals surface area contributed by atoms with Gasteiger partial charge in [0.15, 0.2) is 0 Å². The molecule has 2 unspecified atom stereocenters. The number of rotatable bonds is 3. The molecular weight excluding hydrogens is 174 g/mol. The molecule has 2 aliphatic carbocycles. The van der Waals surface area contributed by atoms with Gasteiger partial charge in [0.05, 0.1) is 0 Å². The smallest absolute Gasteiger partial charge is 0.143 e. The zero-order chi connectivity index (χ0) is 10.2. The van der Waals surface area contributed by atoms with Crippen LogP contribution in [0.25, 0.3) is 0 Å². The number of carbonyl (C=O) groups is 1. The molecule has 0 aromatic heterocycles. The van der Waals surface area contributed by atoms with E-state index in [1.54, 1.807) is 0 Å². The van der Waals surface area contributed by atoms with Crippen molar-refractivity contribution in [2.45, 2.75) is 45.4 Å². The largest absolute Gasteiger partial charge is 0.329 e. The molecule has 0 amide bonds. The lowest BCUT2D eigenvalue weighted by atomic mass is 9.76. The molecule has 0 bridgehead atoms. The lowest BCUT2D eigenvalue weighted by molar-refractivity contribution is -0.129. The molecule has 0 aromatic rings. The number of carbonyl (C=O) groups excluding carboxylic acids is 1. The molecule has 2 fully saturated rings. The van der Waals surface area contributed by atoms with Gasteiger partial charge in [-0.15, -0.1) is 0 Å². The van der Waals surface area contributed by atoms with Crippen LogP contribution in [0.3, 0.4) is 0 Å². The molecule has 0 aliphatic heterocycles. The van der Waals surface area contributed by atoms with Gasteiger partial charge in [-0.25, -0.2) is 0 Å². The zero-order valence-corrected chi connectivity index (χ0v) is 9.09. The van der Waals surface area contributed by atoms with Crippen LogP contribution < -0.4 is 5.73 Å². The normalized spacial score (nSPS) is 35.3. The van der Waals surface area contributed by atoms with Crippen molar-refractivity contribution in [1.82, 2.24) is 0 Å². The summed E-state index contributed by atoms with van der Waals surface area (Å²) in [5.74, 6) is 1.57. The van der Waals surface area contributed by atoms with Crippen LogP contribution in [0.4, 0.5) is 0 Å². The van der Waals surface area contributed by atoms with Gasteiger partial charge in [-0.1, -0.05) is 19.8 Å². The second kappa shape index (κ2) is 3.65. The topological polar surface area (TPSA) is 43.1 Å². The second-order valence-corrected chi connectivity index (χ2v) is 5.32. The first-order chi connectivity index (χ1) is 6.68.